The normalized spacial score (nSPS) is 17.4. The van der Waals surface area contributed by atoms with Gasteiger partial charge in [0.2, 0.25) is 0 Å². The van der Waals surface area contributed by atoms with E-state index in [1.54, 1.807) is 31.7 Å². The highest BCUT2D eigenvalue weighted by Crippen LogP contribution is 2.28. The van der Waals surface area contributed by atoms with E-state index in [9.17, 15) is 9.59 Å². The van der Waals surface area contributed by atoms with Crippen molar-refractivity contribution < 1.29 is 4.79 Å². The number of nitrogens with one attached hydrogen (secondary N) is 1. The fourth-order valence-corrected chi connectivity index (χ4v) is 4.05. The standard InChI is InChI=1S/C20H25N5O2/c1-24-10-4-6-16(20(24)27)19(26)23-14-8-11-25(12-9-14)18-15-5-2-3-7-17(15)21-13-22-18/h4,6,10,13-14H,2-3,5,7-9,11-12H2,1H3,(H,23,26). The smallest absolute Gasteiger partial charge is 0.263 e. The van der Waals surface area contributed by atoms with Crippen molar-refractivity contribution in [3.8, 4) is 0 Å². The van der Waals surface area contributed by atoms with Gasteiger partial charge >= 0.3 is 0 Å². The summed E-state index contributed by atoms with van der Waals surface area (Å²) >= 11 is 0. The number of carbonyl (C=O) groups is 1. The van der Waals surface area contributed by atoms with Crippen LogP contribution in [0.5, 0.6) is 0 Å². The summed E-state index contributed by atoms with van der Waals surface area (Å²) in [5, 5.41) is 3.03. The summed E-state index contributed by atoms with van der Waals surface area (Å²) in [4.78, 5) is 35.9. The SMILES string of the molecule is Cn1cccc(C(=O)NC2CCN(c3ncnc4c3CCCC4)CC2)c1=O. The van der Waals surface area contributed by atoms with Crippen LogP contribution in [0.3, 0.4) is 0 Å². The van der Waals surface area contributed by atoms with Crippen molar-refractivity contribution in [3.63, 3.8) is 0 Å². The van der Waals surface area contributed by atoms with Crippen molar-refractivity contribution in [1.82, 2.24) is 19.9 Å². The van der Waals surface area contributed by atoms with Crippen LogP contribution in [-0.4, -0.2) is 39.6 Å². The van der Waals surface area contributed by atoms with E-state index >= 15 is 0 Å². The van der Waals surface area contributed by atoms with Gasteiger partial charge in [0.25, 0.3) is 11.5 Å². The third kappa shape index (κ3) is 3.59. The molecule has 142 valence electrons. The Hall–Kier alpha value is -2.70. The lowest BCUT2D eigenvalue weighted by Gasteiger charge is -2.35. The number of aryl methyl sites for hydroxylation is 2. The quantitative estimate of drug-likeness (QED) is 0.888. The Morgan fingerprint density at radius 1 is 1.19 bits per heavy atom. The molecule has 0 saturated carbocycles. The Morgan fingerprint density at radius 3 is 2.78 bits per heavy atom. The first-order valence-electron chi connectivity index (χ1n) is 9.67. The highest BCUT2D eigenvalue weighted by Gasteiger charge is 2.26. The Kier molecular flexibility index (Phi) is 4.92. The maximum atomic E-state index is 12.5. The number of carbonyl (C=O) groups excluding carboxylic acids is 1. The second kappa shape index (κ2) is 7.50. The Balaban J connectivity index is 1.40. The minimum absolute atomic E-state index is 0.0799. The van der Waals surface area contributed by atoms with Crippen LogP contribution in [-0.2, 0) is 19.9 Å². The lowest BCUT2D eigenvalue weighted by atomic mass is 9.95. The zero-order chi connectivity index (χ0) is 18.8. The van der Waals surface area contributed by atoms with Crippen molar-refractivity contribution >= 4 is 11.7 Å². The number of hydrogen-bond donors (Lipinski definition) is 1. The minimum Gasteiger partial charge on any atom is -0.356 e. The van der Waals surface area contributed by atoms with Gasteiger partial charge in [0.05, 0.1) is 0 Å². The molecule has 3 heterocycles. The summed E-state index contributed by atoms with van der Waals surface area (Å²) in [6.45, 7) is 1.70. The molecule has 0 atom stereocenters. The second-order valence-electron chi connectivity index (χ2n) is 7.40. The molecule has 1 N–H and O–H groups in total. The summed E-state index contributed by atoms with van der Waals surface area (Å²) in [5.41, 5.74) is 2.44. The van der Waals surface area contributed by atoms with Gasteiger partial charge in [0.15, 0.2) is 0 Å². The Labute approximate surface area is 158 Å². The number of hydrogen-bond acceptors (Lipinski definition) is 5. The first-order valence-corrected chi connectivity index (χ1v) is 9.67. The average Bonchev–Trinajstić information content (AvgIpc) is 2.70. The molecule has 0 aromatic carbocycles. The number of nitrogens with zero attached hydrogens (tertiary/aromatic N) is 4. The molecular weight excluding hydrogens is 342 g/mol. The van der Waals surface area contributed by atoms with Gasteiger partial charge in [-0.15, -0.1) is 0 Å². The van der Waals surface area contributed by atoms with Gasteiger partial charge in [-0.1, -0.05) is 0 Å². The number of pyridine rings is 1. The fourth-order valence-electron chi connectivity index (χ4n) is 4.05. The van der Waals surface area contributed by atoms with Crippen LogP contribution in [0.2, 0.25) is 0 Å². The summed E-state index contributed by atoms with van der Waals surface area (Å²) < 4.78 is 1.43. The van der Waals surface area contributed by atoms with Gasteiger partial charge in [-0.2, -0.15) is 0 Å². The van der Waals surface area contributed by atoms with Gasteiger partial charge < -0.3 is 14.8 Å². The highest BCUT2D eigenvalue weighted by molar-refractivity contribution is 5.94. The molecule has 1 amide bonds. The van der Waals surface area contributed by atoms with E-state index in [4.69, 9.17) is 0 Å². The van der Waals surface area contributed by atoms with Gasteiger partial charge in [-0.25, -0.2) is 9.97 Å². The molecule has 2 aromatic heterocycles. The lowest BCUT2D eigenvalue weighted by molar-refractivity contribution is 0.0929. The predicted molar refractivity (Wildman–Crippen MR) is 103 cm³/mol. The molecule has 1 aliphatic heterocycles. The van der Waals surface area contributed by atoms with Crippen molar-refractivity contribution in [3.05, 3.63) is 51.8 Å². The fraction of sp³-hybridized carbons (Fsp3) is 0.500. The molecule has 7 nitrogen and oxygen atoms in total. The van der Waals surface area contributed by atoms with Crippen molar-refractivity contribution in [2.75, 3.05) is 18.0 Å². The second-order valence-corrected chi connectivity index (χ2v) is 7.40. The van der Waals surface area contributed by atoms with Gasteiger partial charge in [0.1, 0.15) is 17.7 Å². The van der Waals surface area contributed by atoms with E-state index < -0.39 is 0 Å². The van der Waals surface area contributed by atoms with Gasteiger partial charge in [-0.05, 0) is 50.7 Å². The minimum atomic E-state index is -0.283. The molecule has 1 saturated heterocycles. The van der Waals surface area contributed by atoms with Gasteiger partial charge in [-0.3, -0.25) is 9.59 Å². The Bertz CT molecular complexity index is 899. The van der Waals surface area contributed by atoms with Crippen molar-refractivity contribution in [2.45, 2.75) is 44.6 Å². The van der Waals surface area contributed by atoms with E-state index in [0.29, 0.717) is 0 Å². The monoisotopic (exact) mass is 367 g/mol. The first-order chi connectivity index (χ1) is 13.1. The highest BCUT2D eigenvalue weighted by atomic mass is 16.2. The predicted octanol–water partition coefficient (Wildman–Crippen LogP) is 1.45. The molecule has 27 heavy (non-hydrogen) atoms. The van der Waals surface area contributed by atoms with E-state index in [1.165, 1.54) is 28.7 Å². The van der Waals surface area contributed by atoms with Crippen LogP contribution in [0.15, 0.2) is 29.5 Å². The van der Waals surface area contributed by atoms with Crippen molar-refractivity contribution in [1.29, 1.82) is 0 Å². The molecule has 2 aromatic rings. The number of piperidine rings is 1. The lowest BCUT2D eigenvalue weighted by Crippen LogP contribution is -2.46. The molecule has 7 heteroatoms. The molecule has 0 bridgehead atoms. The summed E-state index contributed by atoms with van der Waals surface area (Å²) in [6.07, 6.45) is 9.53. The van der Waals surface area contributed by atoms with E-state index in [0.717, 1.165) is 44.6 Å². The largest absolute Gasteiger partial charge is 0.356 e. The number of amides is 1. The maximum absolute atomic E-state index is 12.5. The molecule has 0 unspecified atom stereocenters. The molecule has 1 aliphatic carbocycles. The molecule has 4 rings (SSSR count). The first kappa shape index (κ1) is 17.7. The van der Waals surface area contributed by atoms with Crippen LogP contribution in [0.4, 0.5) is 5.82 Å². The average molecular weight is 367 g/mol. The van der Waals surface area contributed by atoms with Crippen LogP contribution >= 0.6 is 0 Å². The van der Waals surface area contributed by atoms with Crippen LogP contribution in [0.1, 0.15) is 47.3 Å². The van der Waals surface area contributed by atoms with E-state index in [-0.39, 0.29) is 23.1 Å². The Morgan fingerprint density at radius 2 is 1.96 bits per heavy atom. The van der Waals surface area contributed by atoms with E-state index in [1.807, 2.05) is 0 Å². The van der Waals surface area contributed by atoms with E-state index in [2.05, 4.69) is 20.2 Å². The summed E-state index contributed by atoms with van der Waals surface area (Å²) in [6, 6.07) is 3.38. The summed E-state index contributed by atoms with van der Waals surface area (Å²) in [5.74, 6) is 0.787. The van der Waals surface area contributed by atoms with Crippen LogP contribution < -0.4 is 15.8 Å². The number of aromatic nitrogens is 3. The zero-order valence-electron chi connectivity index (χ0n) is 15.6. The third-order valence-corrected chi connectivity index (χ3v) is 5.60. The molecule has 2 aliphatic rings. The third-order valence-electron chi connectivity index (χ3n) is 5.60. The molecule has 0 radical (unpaired) electrons. The summed E-state index contributed by atoms with van der Waals surface area (Å²) in [7, 11) is 1.65. The molecular formula is C20H25N5O2. The number of fused-ring (bicyclic) bond motifs is 1. The van der Waals surface area contributed by atoms with Crippen molar-refractivity contribution in [2.24, 2.45) is 7.05 Å². The molecule has 1 fully saturated rings. The van der Waals surface area contributed by atoms with Gasteiger partial charge in [0, 0.05) is 43.6 Å². The van der Waals surface area contributed by atoms with Crippen LogP contribution in [0, 0.1) is 0 Å². The number of rotatable bonds is 3. The number of anilines is 1. The van der Waals surface area contributed by atoms with Crippen LogP contribution in [0.25, 0.3) is 0 Å². The molecule has 0 spiro atoms. The zero-order valence-corrected chi connectivity index (χ0v) is 15.6. The maximum Gasteiger partial charge on any atom is 0.263 e. The topological polar surface area (TPSA) is 80.1 Å².